The molecule has 0 saturated heterocycles. The molecule has 10 heteroatoms. The van der Waals surface area contributed by atoms with Gasteiger partial charge in [-0.05, 0) is 89.9 Å². The van der Waals surface area contributed by atoms with E-state index in [0.29, 0.717) is 41.2 Å². The fraction of sp³-hybridized carbons (Fsp3) is 0.462. The zero-order valence-electron chi connectivity index (χ0n) is 21.2. The van der Waals surface area contributed by atoms with Crippen molar-refractivity contribution in [3.05, 3.63) is 52.5 Å². The summed E-state index contributed by atoms with van der Waals surface area (Å²) >= 11 is 8.74. The van der Waals surface area contributed by atoms with E-state index in [1.807, 2.05) is 13.8 Å². The Labute approximate surface area is 229 Å². The molecule has 2 aromatic rings. The lowest BCUT2D eigenvalue weighted by Gasteiger charge is -2.21. The Balaban J connectivity index is 1.95. The molecule has 1 amide bonds. The number of sulfonamides is 1. The summed E-state index contributed by atoms with van der Waals surface area (Å²) < 4.78 is 33.8. The molecule has 0 aromatic heterocycles. The average Bonchev–Trinajstić information content (AvgIpc) is 2.84. The highest BCUT2D eigenvalue weighted by atomic mass is 79.9. The van der Waals surface area contributed by atoms with Gasteiger partial charge in [-0.1, -0.05) is 40.0 Å². The minimum atomic E-state index is -3.56. The molecule has 0 bridgehead atoms. The van der Waals surface area contributed by atoms with E-state index in [4.69, 9.17) is 17.0 Å². The first-order valence-corrected chi connectivity index (χ1v) is 15.0. The predicted molar refractivity (Wildman–Crippen MR) is 153 cm³/mol. The number of unbranched alkanes of at least 4 members (excludes halogenated alkanes) is 3. The van der Waals surface area contributed by atoms with Crippen LogP contribution in [-0.2, 0) is 10.0 Å². The van der Waals surface area contributed by atoms with Crippen LogP contribution in [0.4, 0.5) is 5.69 Å². The van der Waals surface area contributed by atoms with Gasteiger partial charge in [-0.15, -0.1) is 0 Å². The maximum absolute atomic E-state index is 12.9. The number of ether oxygens (including phenoxy) is 1. The number of nitrogens with zero attached hydrogens (tertiary/aromatic N) is 1. The van der Waals surface area contributed by atoms with E-state index in [1.54, 1.807) is 42.5 Å². The van der Waals surface area contributed by atoms with Crippen LogP contribution >= 0.6 is 28.1 Å². The lowest BCUT2D eigenvalue weighted by atomic mass is 10.2. The molecular formula is C26H36BrN3O4S2. The van der Waals surface area contributed by atoms with E-state index in [1.165, 1.54) is 17.1 Å². The second-order valence-electron chi connectivity index (χ2n) is 8.39. The summed E-state index contributed by atoms with van der Waals surface area (Å²) in [5, 5.41) is 5.69. The molecule has 0 aliphatic heterocycles. The van der Waals surface area contributed by atoms with Gasteiger partial charge in [0.2, 0.25) is 10.0 Å². The molecule has 0 fully saturated rings. The topological polar surface area (TPSA) is 87.7 Å². The number of halogens is 1. The quantitative estimate of drug-likeness (QED) is 0.195. The molecule has 0 spiro atoms. The number of anilines is 1. The zero-order chi connectivity index (χ0) is 26.6. The number of hydrogen-bond acceptors (Lipinski definition) is 5. The molecule has 0 saturated carbocycles. The van der Waals surface area contributed by atoms with Gasteiger partial charge < -0.3 is 10.1 Å². The van der Waals surface area contributed by atoms with Crippen molar-refractivity contribution in [3.8, 4) is 5.75 Å². The van der Waals surface area contributed by atoms with E-state index in [9.17, 15) is 13.2 Å². The van der Waals surface area contributed by atoms with Crippen molar-refractivity contribution in [2.24, 2.45) is 0 Å². The highest BCUT2D eigenvalue weighted by Gasteiger charge is 2.23. The van der Waals surface area contributed by atoms with Crippen molar-refractivity contribution < 1.29 is 17.9 Å². The molecule has 2 N–H and O–H groups in total. The molecule has 0 radical (unpaired) electrons. The monoisotopic (exact) mass is 597 g/mol. The summed E-state index contributed by atoms with van der Waals surface area (Å²) in [6, 6.07) is 11.5. The van der Waals surface area contributed by atoms with Crippen molar-refractivity contribution in [3.63, 3.8) is 0 Å². The Morgan fingerprint density at radius 3 is 2.22 bits per heavy atom. The normalized spacial score (nSPS) is 11.4. The van der Waals surface area contributed by atoms with Crippen molar-refractivity contribution in [2.45, 2.75) is 64.2 Å². The van der Waals surface area contributed by atoms with E-state index in [2.05, 4.69) is 33.5 Å². The van der Waals surface area contributed by atoms with Crippen LogP contribution < -0.4 is 15.4 Å². The molecule has 0 aliphatic rings. The Morgan fingerprint density at radius 2 is 1.64 bits per heavy atom. The Kier molecular flexibility index (Phi) is 12.8. The second-order valence-corrected chi connectivity index (χ2v) is 11.6. The third kappa shape index (κ3) is 9.14. The predicted octanol–water partition coefficient (Wildman–Crippen LogP) is 6.35. The largest absolute Gasteiger partial charge is 0.492 e. The highest BCUT2D eigenvalue weighted by Crippen LogP contribution is 2.26. The molecule has 36 heavy (non-hydrogen) atoms. The molecule has 0 aliphatic carbocycles. The molecule has 0 unspecified atom stereocenters. The first-order chi connectivity index (χ1) is 17.2. The molecule has 0 atom stereocenters. The Bertz CT molecular complexity index is 1100. The van der Waals surface area contributed by atoms with Gasteiger partial charge in [0.1, 0.15) is 5.75 Å². The number of nitrogens with one attached hydrogen (secondary N) is 2. The Morgan fingerprint density at radius 1 is 0.972 bits per heavy atom. The molecule has 0 heterocycles. The first-order valence-electron chi connectivity index (χ1n) is 12.4. The van der Waals surface area contributed by atoms with Crippen LogP contribution in [0.5, 0.6) is 5.75 Å². The molecule has 2 rings (SSSR count). The van der Waals surface area contributed by atoms with E-state index in [-0.39, 0.29) is 15.9 Å². The Hall–Kier alpha value is -2.01. The van der Waals surface area contributed by atoms with Gasteiger partial charge in [-0.25, -0.2) is 8.42 Å². The van der Waals surface area contributed by atoms with Crippen LogP contribution in [-0.4, -0.2) is 43.4 Å². The highest BCUT2D eigenvalue weighted by molar-refractivity contribution is 9.10. The summed E-state index contributed by atoms with van der Waals surface area (Å²) in [7, 11) is -3.56. The van der Waals surface area contributed by atoms with Gasteiger partial charge in [-0.3, -0.25) is 10.1 Å². The number of rotatable bonds is 14. The molecule has 2 aromatic carbocycles. The summed E-state index contributed by atoms with van der Waals surface area (Å²) in [6.45, 7) is 7.67. The molecule has 198 valence electrons. The number of benzene rings is 2. The minimum absolute atomic E-state index is 0.113. The van der Waals surface area contributed by atoms with Crippen LogP contribution in [0.15, 0.2) is 51.8 Å². The molecule has 7 nitrogen and oxygen atoms in total. The van der Waals surface area contributed by atoms with Crippen molar-refractivity contribution in [2.75, 3.05) is 25.0 Å². The number of carbonyl (C=O) groups excluding carboxylic acids is 1. The van der Waals surface area contributed by atoms with Gasteiger partial charge in [0, 0.05) is 24.3 Å². The first kappa shape index (κ1) is 30.2. The number of carbonyl (C=O) groups is 1. The van der Waals surface area contributed by atoms with E-state index < -0.39 is 10.0 Å². The molecular weight excluding hydrogens is 562 g/mol. The summed E-state index contributed by atoms with van der Waals surface area (Å²) in [6.07, 6.45) is 5.99. The van der Waals surface area contributed by atoms with Crippen molar-refractivity contribution >= 4 is 54.9 Å². The second kappa shape index (κ2) is 15.3. The van der Waals surface area contributed by atoms with Crippen LogP contribution in [0.1, 0.15) is 69.7 Å². The van der Waals surface area contributed by atoms with Gasteiger partial charge in [0.25, 0.3) is 5.91 Å². The fourth-order valence-electron chi connectivity index (χ4n) is 3.52. The third-order valence-electron chi connectivity index (χ3n) is 5.37. The number of hydrogen-bond donors (Lipinski definition) is 2. The van der Waals surface area contributed by atoms with Crippen LogP contribution in [0.2, 0.25) is 0 Å². The van der Waals surface area contributed by atoms with Gasteiger partial charge in [-0.2, -0.15) is 4.31 Å². The van der Waals surface area contributed by atoms with Crippen molar-refractivity contribution in [1.82, 2.24) is 9.62 Å². The smallest absolute Gasteiger partial charge is 0.257 e. The lowest BCUT2D eigenvalue weighted by Crippen LogP contribution is -2.34. The van der Waals surface area contributed by atoms with Crippen LogP contribution in [0.25, 0.3) is 0 Å². The van der Waals surface area contributed by atoms with Crippen LogP contribution in [0, 0.1) is 0 Å². The average molecular weight is 599 g/mol. The van der Waals surface area contributed by atoms with Gasteiger partial charge in [0.15, 0.2) is 5.11 Å². The number of amides is 1. The summed E-state index contributed by atoms with van der Waals surface area (Å²) in [4.78, 5) is 12.9. The zero-order valence-corrected chi connectivity index (χ0v) is 24.4. The fourth-order valence-corrected chi connectivity index (χ4v) is 5.85. The maximum Gasteiger partial charge on any atom is 0.257 e. The van der Waals surface area contributed by atoms with Gasteiger partial charge in [0.05, 0.1) is 16.0 Å². The number of thiocarbonyl (C=S) groups is 1. The summed E-state index contributed by atoms with van der Waals surface area (Å²) in [5.41, 5.74) is 1.00. The lowest BCUT2D eigenvalue weighted by molar-refractivity contribution is 0.0977. The SMILES string of the molecule is CCCCCCOc1ccc(C(=O)NC(=S)Nc2ccc(S(=O)(=O)N(CCC)CCC)cc2)cc1Br. The van der Waals surface area contributed by atoms with Crippen LogP contribution in [0.3, 0.4) is 0 Å². The van der Waals surface area contributed by atoms with Gasteiger partial charge >= 0.3 is 0 Å². The maximum atomic E-state index is 12.9. The standard InChI is InChI=1S/C26H36BrN3O4S2/c1-4-7-8-9-18-34-24-15-10-20(19-23(24)27)25(31)29-26(35)28-21-11-13-22(14-12-21)36(32,33)30(16-5-2)17-6-3/h10-15,19H,4-9,16-18H2,1-3H3,(H2,28,29,31,35). The minimum Gasteiger partial charge on any atom is -0.492 e. The van der Waals surface area contributed by atoms with Crippen molar-refractivity contribution in [1.29, 1.82) is 0 Å². The van der Waals surface area contributed by atoms with E-state index in [0.717, 1.165) is 25.7 Å². The third-order valence-corrected chi connectivity index (χ3v) is 8.11. The van der Waals surface area contributed by atoms with E-state index >= 15 is 0 Å². The summed E-state index contributed by atoms with van der Waals surface area (Å²) in [5.74, 6) is 0.326.